The Morgan fingerprint density at radius 3 is 2.13 bits per heavy atom. The maximum atomic E-state index is 13.1. The van der Waals surface area contributed by atoms with Gasteiger partial charge >= 0.3 is 5.97 Å². The molecule has 6 nitrogen and oxygen atoms in total. The SMILES string of the molecule is O=C1ON=C(c2ccccc2)/C1=C1\SC(C(=O)c2ccccc2)=NN1c1ccccc1. The minimum Gasteiger partial charge on any atom is -0.312 e. The molecular weight excluding hydrogens is 410 g/mol. The van der Waals surface area contributed by atoms with E-state index in [4.69, 9.17) is 4.84 Å². The van der Waals surface area contributed by atoms with Crippen molar-refractivity contribution in [2.24, 2.45) is 10.3 Å². The molecule has 7 heteroatoms. The summed E-state index contributed by atoms with van der Waals surface area (Å²) < 4.78 is 0. The summed E-state index contributed by atoms with van der Waals surface area (Å²) in [6.07, 6.45) is 0. The topological polar surface area (TPSA) is 71.3 Å². The Morgan fingerprint density at radius 2 is 1.45 bits per heavy atom. The lowest BCUT2D eigenvalue weighted by molar-refractivity contribution is -0.136. The first-order chi connectivity index (χ1) is 15.2. The minimum absolute atomic E-state index is 0.216. The van der Waals surface area contributed by atoms with E-state index in [-0.39, 0.29) is 16.4 Å². The van der Waals surface area contributed by atoms with Crippen molar-refractivity contribution < 1.29 is 14.4 Å². The zero-order chi connectivity index (χ0) is 21.2. The maximum Gasteiger partial charge on any atom is 0.370 e. The molecule has 0 spiro atoms. The van der Waals surface area contributed by atoms with Crippen LogP contribution < -0.4 is 5.01 Å². The average Bonchev–Trinajstić information content (AvgIpc) is 3.44. The number of anilines is 1. The first-order valence-corrected chi connectivity index (χ1v) is 10.3. The van der Waals surface area contributed by atoms with Crippen molar-refractivity contribution in [1.29, 1.82) is 0 Å². The first-order valence-electron chi connectivity index (χ1n) is 9.53. The number of hydrazone groups is 1. The number of benzene rings is 3. The van der Waals surface area contributed by atoms with E-state index < -0.39 is 5.97 Å². The van der Waals surface area contributed by atoms with Crippen molar-refractivity contribution in [3.8, 4) is 0 Å². The van der Waals surface area contributed by atoms with Crippen LogP contribution in [0.25, 0.3) is 0 Å². The highest BCUT2D eigenvalue weighted by atomic mass is 32.2. The fourth-order valence-corrected chi connectivity index (χ4v) is 4.28. The van der Waals surface area contributed by atoms with Gasteiger partial charge in [0.15, 0.2) is 5.04 Å². The fourth-order valence-electron chi connectivity index (χ4n) is 3.25. The zero-order valence-electron chi connectivity index (χ0n) is 16.1. The third-order valence-corrected chi connectivity index (χ3v) is 5.76. The Balaban J connectivity index is 1.63. The summed E-state index contributed by atoms with van der Waals surface area (Å²) in [6.45, 7) is 0. The molecule has 0 saturated carbocycles. The molecule has 3 aromatic rings. The van der Waals surface area contributed by atoms with Gasteiger partial charge in [0, 0.05) is 11.1 Å². The second-order valence-corrected chi connectivity index (χ2v) is 7.69. The number of hydrogen-bond donors (Lipinski definition) is 0. The van der Waals surface area contributed by atoms with Crippen LogP contribution in [0, 0.1) is 0 Å². The number of Topliss-reactive ketones (excluding diaryl/α,β-unsaturated/α-hetero) is 1. The molecule has 0 aliphatic carbocycles. The number of rotatable bonds is 4. The van der Waals surface area contributed by atoms with Crippen LogP contribution >= 0.6 is 11.8 Å². The van der Waals surface area contributed by atoms with Crippen molar-refractivity contribution >= 4 is 40.0 Å². The highest BCUT2D eigenvalue weighted by Crippen LogP contribution is 2.40. The van der Waals surface area contributed by atoms with Crippen LogP contribution in [0.2, 0.25) is 0 Å². The second kappa shape index (κ2) is 8.04. The van der Waals surface area contributed by atoms with Gasteiger partial charge in [-0.2, -0.15) is 5.10 Å². The number of thioether (sulfide) groups is 1. The molecule has 2 heterocycles. The molecule has 150 valence electrons. The summed E-state index contributed by atoms with van der Waals surface area (Å²) >= 11 is 1.14. The van der Waals surface area contributed by atoms with E-state index in [9.17, 15) is 9.59 Å². The lowest BCUT2D eigenvalue weighted by atomic mass is 10.0. The van der Waals surface area contributed by atoms with Crippen LogP contribution in [0.3, 0.4) is 0 Å². The van der Waals surface area contributed by atoms with Gasteiger partial charge in [0.2, 0.25) is 5.78 Å². The number of hydrogen-bond acceptors (Lipinski definition) is 7. The minimum atomic E-state index is -0.578. The molecule has 0 aromatic heterocycles. The maximum absolute atomic E-state index is 13.1. The monoisotopic (exact) mass is 425 g/mol. The molecule has 0 saturated heterocycles. The molecule has 2 aliphatic heterocycles. The van der Waals surface area contributed by atoms with Crippen molar-refractivity contribution in [1.82, 2.24) is 0 Å². The molecule has 2 aliphatic rings. The Labute approximate surface area is 182 Å². The van der Waals surface area contributed by atoms with Crippen molar-refractivity contribution in [2.75, 3.05) is 5.01 Å². The van der Waals surface area contributed by atoms with Gasteiger partial charge in [-0.15, -0.1) is 0 Å². The van der Waals surface area contributed by atoms with Gasteiger partial charge in [-0.05, 0) is 23.9 Å². The van der Waals surface area contributed by atoms with Gasteiger partial charge in [0.25, 0.3) is 0 Å². The molecule has 0 unspecified atom stereocenters. The van der Waals surface area contributed by atoms with Gasteiger partial charge in [0.05, 0.1) is 5.69 Å². The number of nitrogens with zero attached hydrogens (tertiary/aromatic N) is 3. The summed E-state index contributed by atoms with van der Waals surface area (Å²) in [5.74, 6) is -0.794. The number of ketones is 1. The Morgan fingerprint density at radius 1 is 0.839 bits per heavy atom. The molecular formula is C24H15N3O3S. The Hall–Kier alpha value is -3.97. The Kier molecular flexibility index (Phi) is 4.93. The third kappa shape index (κ3) is 3.55. The Bertz CT molecular complexity index is 1250. The molecule has 0 N–H and O–H groups in total. The standard InChI is InChI=1S/C24H15N3O3S/c28-21(17-12-6-2-7-13-17)22-25-27(18-14-8-3-9-15-18)23(31-22)19-20(26-30-24(19)29)16-10-4-1-5-11-16/h1-15H/b23-19+. The van der Waals surface area contributed by atoms with E-state index in [0.29, 0.717) is 16.3 Å². The number of para-hydroxylation sites is 1. The summed E-state index contributed by atoms with van der Waals surface area (Å²) in [6, 6.07) is 27.6. The smallest absolute Gasteiger partial charge is 0.312 e. The van der Waals surface area contributed by atoms with Crippen molar-refractivity contribution in [2.45, 2.75) is 0 Å². The predicted octanol–water partition coefficient (Wildman–Crippen LogP) is 4.61. The summed E-state index contributed by atoms with van der Waals surface area (Å²) in [5.41, 5.74) is 2.68. The van der Waals surface area contributed by atoms with Gasteiger partial charge in [0.1, 0.15) is 16.3 Å². The molecule has 31 heavy (non-hydrogen) atoms. The van der Waals surface area contributed by atoms with Crippen LogP contribution in [-0.2, 0) is 9.63 Å². The molecule has 0 amide bonds. The largest absolute Gasteiger partial charge is 0.370 e. The molecule has 0 radical (unpaired) electrons. The van der Waals surface area contributed by atoms with Crippen LogP contribution in [0.4, 0.5) is 5.69 Å². The highest BCUT2D eigenvalue weighted by Gasteiger charge is 2.38. The van der Waals surface area contributed by atoms with E-state index in [0.717, 1.165) is 23.0 Å². The van der Waals surface area contributed by atoms with Crippen LogP contribution in [0.5, 0.6) is 0 Å². The van der Waals surface area contributed by atoms with Crippen molar-refractivity contribution in [3.63, 3.8) is 0 Å². The summed E-state index contributed by atoms with van der Waals surface area (Å²) in [5, 5.41) is 10.9. The average molecular weight is 425 g/mol. The predicted molar refractivity (Wildman–Crippen MR) is 121 cm³/mol. The molecule has 0 bridgehead atoms. The van der Waals surface area contributed by atoms with Crippen molar-refractivity contribution in [3.05, 3.63) is 113 Å². The number of oxime groups is 1. The lowest BCUT2D eigenvalue weighted by Gasteiger charge is -2.16. The number of carbonyl (C=O) groups is 2. The quantitative estimate of drug-likeness (QED) is 0.347. The van der Waals surface area contributed by atoms with Gasteiger partial charge in [-0.3, -0.25) is 4.79 Å². The van der Waals surface area contributed by atoms with E-state index >= 15 is 0 Å². The normalized spacial score (nSPS) is 17.9. The molecule has 0 atom stereocenters. The van der Waals surface area contributed by atoms with Gasteiger partial charge in [-0.25, -0.2) is 9.80 Å². The second-order valence-electron chi connectivity index (χ2n) is 6.71. The van der Waals surface area contributed by atoms with Crippen LogP contribution in [0.15, 0.2) is 112 Å². The first kappa shape index (κ1) is 19.0. The molecule has 0 fully saturated rings. The zero-order valence-corrected chi connectivity index (χ0v) is 17.0. The summed E-state index contributed by atoms with van der Waals surface area (Å²) in [4.78, 5) is 30.8. The van der Waals surface area contributed by atoms with E-state index in [1.807, 2.05) is 66.7 Å². The van der Waals surface area contributed by atoms with E-state index in [1.165, 1.54) is 0 Å². The summed E-state index contributed by atoms with van der Waals surface area (Å²) in [7, 11) is 0. The lowest BCUT2D eigenvalue weighted by Crippen LogP contribution is -2.18. The molecule has 5 rings (SSSR count). The molecule has 3 aromatic carbocycles. The van der Waals surface area contributed by atoms with Gasteiger partial charge < -0.3 is 4.84 Å². The van der Waals surface area contributed by atoms with Crippen LogP contribution in [-0.4, -0.2) is 22.5 Å². The fraction of sp³-hybridized carbons (Fsp3) is 0. The van der Waals surface area contributed by atoms with E-state index in [1.54, 1.807) is 29.3 Å². The van der Waals surface area contributed by atoms with Crippen LogP contribution in [0.1, 0.15) is 15.9 Å². The third-order valence-electron chi connectivity index (χ3n) is 4.73. The van der Waals surface area contributed by atoms with Gasteiger partial charge in [-0.1, -0.05) is 84.0 Å². The highest BCUT2D eigenvalue weighted by molar-refractivity contribution is 8.19. The number of carbonyl (C=O) groups excluding carboxylic acids is 2. The van der Waals surface area contributed by atoms with E-state index in [2.05, 4.69) is 10.3 Å².